The number of amides is 1. The Labute approximate surface area is 102 Å². The highest BCUT2D eigenvalue weighted by Gasteiger charge is 2.30. The van der Waals surface area contributed by atoms with Crippen LogP contribution in [0.5, 0.6) is 0 Å². The normalized spacial score (nSPS) is 19.6. The molecular formula is C13H19N3O. The number of rotatable bonds is 3. The molecule has 0 spiro atoms. The van der Waals surface area contributed by atoms with Gasteiger partial charge < -0.3 is 16.4 Å². The number of nitrogens with zero attached hydrogens (tertiary/aromatic N) is 1. The SMILES string of the molecule is Cc1cccc(CN)c1N1CCCC1C(N)=O. The summed E-state index contributed by atoms with van der Waals surface area (Å²) in [7, 11) is 0. The minimum atomic E-state index is -0.242. The van der Waals surface area contributed by atoms with Crippen LogP contribution in [0.15, 0.2) is 18.2 Å². The Kier molecular flexibility index (Phi) is 3.33. The molecule has 0 radical (unpaired) electrons. The summed E-state index contributed by atoms with van der Waals surface area (Å²) >= 11 is 0. The first-order chi connectivity index (χ1) is 8.15. The van der Waals surface area contributed by atoms with Gasteiger partial charge in [0.1, 0.15) is 6.04 Å². The van der Waals surface area contributed by atoms with E-state index in [0.29, 0.717) is 6.54 Å². The monoisotopic (exact) mass is 233 g/mol. The molecule has 1 aliphatic heterocycles. The largest absolute Gasteiger partial charge is 0.368 e. The summed E-state index contributed by atoms with van der Waals surface area (Å²) in [5, 5.41) is 0. The number of nitrogens with two attached hydrogens (primary N) is 2. The van der Waals surface area contributed by atoms with E-state index in [-0.39, 0.29) is 11.9 Å². The lowest BCUT2D eigenvalue weighted by Gasteiger charge is -2.28. The molecule has 92 valence electrons. The third-order valence-corrected chi connectivity index (χ3v) is 3.41. The minimum Gasteiger partial charge on any atom is -0.368 e. The Morgan fingerprint density at radius 1 is 1.53 bits per heavy atom. The average Bonchev–Trinajstić information content (AvgIpc) is 2.77. The van der Waals surface area contributed by atoms with Gasteiger partial charge in [0.15, 0.2) is 0 Å². The van der Waals surface area contributed by atoms with E-state index < -0.39 is 0 Å². The molecule has 0 saturated carbocycles. The van der Waals surface area contributed by atoms with Gasteiger partial charge in [-0.3, -0.25) is 4.79 Å². The molecule has 2 rings (SSSR count). The summed E-state index contributed by atoms with van der Waals surface area (Å²) in [6.07, 6.45) is 1.85. The molecule has 4 N–H and O–H groups in total. The van der Waals surface area contributed by atoms with Crippen molar-refractivity contribution in [3.05, 3.63) is 29.3 Å². The van der Waals surface area contributed by atoms with E-state index in [1.54, 1.807) is 0 Å². The van der Waals surface area contributed by atoms with Crippen LogP contribution in [0.2, 0.25) is 0 Å². The van der Waals surface area contributed by atoms with E-state index in [4.69, 9.17) is 11.5 Å². The van der Waals surface area contributed by atoms with Crippen LogP contribution in [-0.2, 0) is 11.3 Å². The number of aryl methyl sites for hydroxylation is 1. The molecule has 1 atom stereocenters. The standard InChI is InChI=1S/C13H19N3O/c1-9-4-2-5-10(8-14)12(9)16-7-3-6-11(16)13(15)17/h2,4-5,11H,3,6-8,14H2,1H3,(H2,15,17). The zero-order chi connectivity index (χ0) is 12.4. The molecule has 1 heterocycles. The fourth-order valence-electron chi connectivity index (χ4n) is 2.63. The maximum Gasteiger partial charge on any atom is 0.240 e. The third-order valence-electron chi connectivity index (χ3n) is 3.41. The summed E-state index contributed by atoms with van der Waals surface area (Å²) < 4.78 is 0. The summed E-state index contributed by atoms with van der Waals surface area (Å²) in [5.74, 6) is -0.242. The molecule has 0 aliphatic carbocycles. The molecule has 1 unspecified atom stereocenters. The zero-order valence-corrected chi connectivity index (χ0v) is 10.1. The molecule has 1 aliphatic rings. The highest BCUT2D eigenvalue weighted by Crippen LogP contribution is 2.31. The Balaban J connectivity index is 2.42. The first kappa shape index (κ1) is 11.9. The predicted molar refractivity (Wildman–Crippen MR) is 68.6 cm³/mol. The van der Waals surface area contributed by atoms with Gasteiger partial charge in [-0.25, -0.2) is 0 Å². The van der Waals surface area contributed by atoms with E-state index in [9.17, 15) is 4.79 Å². The first-order valence-electron chi connectivity index (χ1n) is 5.99. The van der Waals surface area contributed by atoms with Crippen molar-refractivity contribution < 1.29 is 4.79 Å². The number of carbonyl (C=O) groups excluding carboxylic acids is 1. The number of para-hydroxylation sites is 1. The van der Waals surface area contributed by atoms with Crippen LogP contribution in [-0.4, -0.2) is 18.5 Å². The highest BCUT2D eigenvalue weighted by atomic mass is 16.1. The van der Waals surface area contributed by atoms with Gasteiger partial charge in [0.25, 0.3) is 0 Å². The Morgan fingerprint density at radius 3 is 2.94 bits per heavy atom. The third kappa shape index (κ3) is 2.13. The van der Waals surface area contributed by atoms with Crippen molar-refractivity contribution in [2.75, 3.05) is 11.4 Å². The number of hydrogen-bond acceptors (Lipinski definition) is 3. The van der Waals surface area contributed by atoms with Gasteiger partial charge in [-0.1, -0.05) is 18.2 Å². The van der Waals surface area contributed by atoms with Crippen LogP contribution in [0, 0.1) is 6.92 Å². The van der Waals surface area contributed by atoms with E-state index in [1.807, 2.05) is 25.1 Å². The maximum absolute atomic E-state index is 11.4. The Bertz CT molecular complexity index is 431. The summed E-state index contributed by atoms with van der Waals surface area (Å²) in [5.41, 5.74) is 14.6. The Hall–Kier alpha value is -1.55. The minimum absolute atomic E-state index is 0.179. The van der Waals surface area contributed by atoms with E-state index in [2.05, 4.69) is 4.90 Å². The number of primary amides is 1. The lowest BCUT2D eigenvalue weighted by molar-refractivity contribution is -0.119. The summed E-state index contributed by atoms with van der Waals surface area (Å²) in [4.78, 5) is 13.6. The van der Waals surface area contributed by atoms with Gasteiger partial charge >= 0.3 is 0 Å². The summed E-state index contributed by atoms with van der Waals surface area (Å²) in [6, 6.07) is 5.88. The smallest absolute Gasteiger partial charge is 0.240 e. The number of carbonyl (C=O) groups is 1. The van der Waals surface area contributed by atoms with Crippen molar-refractivity contribution in [2.24, 2.45) is 11.5 Å². The van der Waals surface area contributed by atoms with Crippen molar-refractivity contribution >= 4 is 11.6 Å². The fraction of sp³-hybridized carbons (Fsp3) is 0.462. The molecule has 1 amide bonds. The molecule has 0 aromatic heterocycles. The van der Waals surface area contributed by atoms with Crippen molar-refractivity contribution in [1.29, 1.82) is 0 Å². The van der Waals surface area contributed by atoms with Crippen LogP contribution >= 0.6 is 0 Å². The molecule has 4 heteroatoms. The lowest BCUT2D eigenvalue weighted by atomic mass is 10.1. The van der Waals surface area contributed by atoms with Gasteiger partial charge in [-0.15, -0.1) is 0 Å². The number of anilines is 1. The summed E-state index contributed by atoms with van der Waals surface area (Å²) in [6.45, 7) is 3.41. The predicted octanol–water partition coefficient (Wildman–Crippen LogP) is 0.908. The molecule has 1 fully saturated rings. The topological polar surface area (TPSA) is 72.3 Å². The average molecular weight is 233 g/mol. The van der Waals surface area contributed by atoms with Gasteiger partial charge in [-0.2, -0.15) is 0 Å². The maximum atomic E-state index is 11.4. The number of hydrogen-bond donors (Lipinski definition) is 2. The second kappa shape index (κ2) is 4.75. The van der Waals surface area contributed by atoms with Gasteiger partial charge in [-0.05, 0) is 30.9 Å². The second-order valence-corrected chi connectivity index (χ2v) is 4.54. The van der Waals surface area contributed by atoms with Gasteiger partial charge in [0.05, 0.1) is 0 Å². The quantitative estimate of drug-likeness (QED) is 0.815. The lowest BCUT2D eigenvalue weighted by Crippen LogP contribution is -2.41. The molecule has 4 nitrogen and oxygen atoms in total. The molecular weight excluding hydrogens is 214 g/mol. The van der Waals surface area contributed by atoms with Gasteiger partial charge in [0.2, 0.25) is 5.91 Å². The van der Waals surface area contributed by atoms with Crippen molar-refractivity contribution in [1.82, 2.24) is 0 Å². The fourth-order valence-corrected chi connectivity index (χ4v) is 2.63. The molecule has 0 bridgehead atoms. The van der Waals surface area contributed by atoms with Crippen LogP contribution < -0.4 is 16.4 Å². The van der Waals surface area contributed by atoms with E-state index in [1.165, 1.54) is 0 Å². The number of benzene rings is 1. The molecule has 1 aromatic carbocycles. The van der Waals surface area contributed by atoms with E-state index >= 15 is 0 Å². The Morgan fingerprint density at radius 2 is 2.29 bits per heavy atom. The molecule has 1 saturated heterocycles. The second-order valence-electron chi connectivity index (χ2n) is 4.54. The zero-order valence-electron chi connectivity index (χ0n) is 10.1. The van der Waals surface area contributed by atoms with Gasteiger partial charge in [0, 0.05) is 18.8 Å². The van der Waals surface area contributed by atoms with Crippen LogP contribution in [0.1, 0.15) is 24.0 Å². The van der Waals surface area contributed by atoms with Crippen LogP contribution in [0.4, 0.5) is 5.69 Å². The van der Waals surface area contributed by atoms with Crippen molar-refractivity contribution in [3.8, 4) is 0 Å². The van der Waals surface area contributed by atoms with Crippen LogP contribution in [0.3, 0.4) is 0 Å². The van der Waals surface area contributed by atoms with Crippen molar-refractivity contribution in [3.63, 3.8) is 0 Å². The van der Waals surface area contributed by atoms with E-state index in [0.717, 1.165) is 36.2 Å². The molecule has 17 heavy (non-hydrogen) atoms. The van der Waals surface area contributed by atoms with Crippen LogP contribution in [0.25, 0.3) is 0 Å². The first-order valence-corrected chi connectivity index (χ1v) is 5.99. The van der Waals surface area contributed by atoms with Crippen molar-refractivity contribution in [2.45, 2.75) is 32.4 Å². The highest BCUT2D eigenvalue weighted by molar-refractivity contribution is 5.85. The molecule has 1 aromatic rings.